The number of primary amides is 1. The Morgan fingerprint density at radius 1 is 1.32 bits per heavy atom. The lowest BCUT2D eigenvalue weighted by Gasteiger charge is -2.28. The molecule has 5 N–H and O–H groups in total. The zero-order valence-electron chi connectivity index (χ0n) is 21.4. The number of nitrogens with two attached hydrogens (primary N) is 1. The molecule has 37 heavy (non-hydrogen) atoms. The fourth-order valence-corrected chi connectivity index (χ4v) is 4.55. The van der Waals surface area contributed by atoms with Crippen LogP contribution in [0.2, 0.25) is 5.02 Å². The van der Waals surface area contributed by atoms with Gasteiger partial charge in [-0.05, 0) is 44.5 Å². The van der Waals surface area contributed by atoms with Gasteiger partial charge in [0.1, 0.15) is 0 Å². The second-order valence-electron chi connectivity index (χ2n) is 9.08. The highest BCUT2D eigenvalue weighted by molar-refractivity contribution is 6.31. The fraction of sp³-hybridized carbons (Fsp3) is 0.520. The molecule has 1 aromatic carbocycles. The zero-order chi connectivity index (χ0) is 26.8. The number of aromatic amines is 1. The van der Waals surface area contributed by atoms with E-state index in [0.717, 1.165) is 42.4 Å². The van der Waals surface area contributed by atoms with Crippen molar-refractivity contribution in [3.63, 3.8) is 0 Å². The second-order valence-corrected chi connectivity index (χ2v) is 9.79. The number of nitrogens with zero attached hydrogens (tertiary/aromatic N) is 4. The summed E-state index contributed by atoms with van der Waals surface area (Å²) >= 11 is 12.2. The van der Waals surface area contributed by atoms with Crippen molar-refractivity contribution in [3.05, 3.63) is 51.2 Å². The van der Waals surface area contributed by atoms with E-state index in [9.17, 15) is 9.59 Å². The number of fused-ring (bicyclic) bond motifs is 1. The normalized spacial score (nSPS) is 12.4. The van der Waals surface area contributed by atoms with E-state index in [0.29, 0.717) is 36.9 Å². The molecule has 10 nitrogen and oxygen atoms in total. The molecule has 2 heterocycles. The minimum Gasteiger partial charge on any atom is -0.369 e. The summed E-state index contributed by atoms with van der Waals surface area (Å²) < 4.78 is 1.64. The molecule has 3 rings (SSSR count). The molecular formula is C25H36Cl2N8O2. The van der Waals surface area contributed by atoms with Crippen molar-refractivity contribution in [2.24, 2.45) is 5.73 Å². The summed E-state index contributed by atoms with van der Waals surface area (Å²) in [4.78, 5) is 31.0. The van der Waals surface area contributed by atoms with Gasteiger partial charge in [0.25, 0.3) is 5.56 Å². The monoisotopic (exact) mass is 550 g/mol. The summed E-state index contributed by atoms with van der Waals surface area (Å²) in [5.41, 5.74) is 7.63. The fourth-order valence-electron chi connectivity index (χ4n) is 4.17. The van der Waals surface area contributed by atoms with Crippen LogP contribution in [0.25, 0.3) is 10.9 Å². The summed E-state index contributed by atoms with van der Waals surface area (Å²) in [6.45, 7) is 7.28. The first-order valence-electron chi connectivity index (χ1n) is 12.6. The van der Waals surface area contributed by atoms with Crippen molar-refractivity contribution in [2.45, 2.75) is 58.1 Å². The van der Waals surface area contributed by atoms with Crippen LogP contribution in [0.15, 0.2) is 29.2 Å². The summed E-state index contributed by atoms with van der Waals surface area (Å²) in [5, 5.41) is 15.5. The maximum Gasteiger partial charge on any atom is 0.293 e. The lowest BCUT2D eigenvalue weighted by Crippen LogP contribution is -2.41. The van der Waals surface area contributed by atoms with Crippen LogP contribution in [0.4, 0.5) is 5.82 Å². The number of carbonyl (C=O) groups excluding carboxylic acids is 1. The molecule has 0 saturated carbocycles. The third-order valence-corrected chi connectivity index (χ3v) is 6.83. The van der Waals surface area contributed by atoms with Gasteiger partial charge in [-0.2, -0.15) is 5.10 Å². The summed E-state index contributed by atoms with van der Waals surface area (Å²) in [6, 6.07) is 5.69. The Kier molecular flexibility index (Phi) is 11.2. The molecular weight excluding hydrogens is 515 g/mol. The van der Waals surface area contributed by atoms with Crippen LogP contribution in [0.5, 0.6) is 0 Å². The molecule has 0 aliphatic carbocycles. The third kappa shape index (κ3) is 8.16. The maximum atomic E-state index is 13.1. The van der Waals surface area contributed by atoms with Crippen molar-refractivity contribution < 1.29 is 4.79 Å². The number of alkyl halides is 1. The van der Waals surface area contributed by atoms with Crippen molar-refractivity contribution in [3.8, 4) is 0 Å². The molecule has 1 atom stereocenters. The summed E-state index contributed by atoms with van der Waals surface area (Å²) in [7, 11) is 0. The van der Waals surface area contributed by atoms with Crippen LogP contribution < -0.4 is 21.9 Å². The Labute approximate surface area is 226 Å². The topological polar surface area (TPSA) is 134 Å². The quantitative estimate of drug-likeness (QED) is 0.159. The first kappa shape index (κ1) is 28.9. The number of anilines is 1. The van der Waals surface area contributed by atoms with Gasteiger partial charge in [0.2, 0.25) is 5.91 Å². The summed E-state index contributed by atoms with van der Waals surface area (Å²) in [5.74, 6) is 0.128. The van der Waals surface area contributed by atoms with E-state index in [1.165, 1.54) is 0 Å². The van der Waals surface area contributed by atoms with Gasteiger partial charge < -0.3 is 20.9 Å². The Balaban J connectivity index is 1.57. The Bertz CT molecular complexity index is 1230. The minimum atomic E-state index is -0.338. The van der Waals surface area contributed by atoms with Crippen LogP contribution in [-0.2, 0) is 23.8 Å². The van der Waals surface area contributed by atoms with Crippen molar-refractivity contribution in [2.75, 3.05) is 31.5 Å². The number of halogens is 2. The number of hydrogen-bond donors (Lipinski definition) is 4. The molecule has 0 spiro atoms. The third-order valence-electron chi connectivity index (χ3n) is 6.32. The zero-order valence-corrected chi connectivity index (χ0v) is 22.9. The van der Waals surface area contributed by atoms with E-state index in [1.807, 2.05) is 12.1 Å². The van der Waals surface area contributed by atoms with Gasteiger partial charge in [-0.15, -0.1) is 11.6 Å². The molecule has 1 unspecified atom stereocenters. The van der Waals surface area contributed by atoms with Crippen molar-refractivity contribution in [1.82, 2.24) is 30.0 Å². The highest BCUT2D eigenvalue weighted by Gasteiger charge is 2.16. The van der Waals surface area contributed by atoms with E-state index in [1.54, 1.807) is 16.8 Å². The molecule has 0 bridgehead atoms. The van der Waals surface area contributed by atoms with Gasteiger partial charge in [-0.25, -0.2) is 4.98 Å². The number of aromatic nitrogens is 4. The number of H-pyrrole nitrogens is 1. The Morgan fingerprint density at radius 2 is 2.14 bits per heavy atom. The van der Waals surface area contributed by atoms with Gasteiger partial charge in [0.15, 0.2) is 5.82 Å². The molecule has 0 saturated heterocycles. The number of carbonyl (C=O) groups is 1. The highest BCUT2D eigenvalue weighted by atomic mass is 35.5. The van der Waals surface area contributed by atoms with E-state index in [-0.39, 0.29) is 35.8 Å². The van der Waals surface area contributed by atoms with E-state index in [4.69, 9.17) is 28.9 Å². The van der Waals surface area contributed by atoms with Crippen molar-refractivity contribution in [1.29, 1.82) is 0 Å². The minimum absolute atomic E-state index is 0.133. The maximum absolute atomic E-state index is 13.1. The predicted octanol–water partition coefficient (Wildman–Crippen LogP) is 3.08. The average Bonchev–Trinajstić information content (AvgIpc) is 3.27. The molecule has 0 aliphatic heterocycles. The number of unbranched alkanes of at least 4 members (excludes halogenated alkanes) is 1. The van der Waals surface area contributed by atoms with E-state index >= 15 is 0 Å². The standard InChI is InChI=1S/C25H36Cl2N8O2/c1-3-4-10-34(16-23(28)36)17(2)7-8-30-24-25(37)35(19(13-26)14-31-24)11-9-29-15-22-20-12-18(27)5-6-21(20)32-33-22/h5-6,12,14,17,29H,3-4,7-11,13,15-16H2,1-2H3,(H2,28,36)(H,30,31)(H,32,33). The molecule has 0 radical (unpaired) electrons. The number of nitrogens with one attached hydrogen (secondary N) is 3. The van der Waals surface area contributed by atoms with Gasteiger partial charge in [0.05, 0.1) is 35.5 Å². The van der Waals surface area contributed by atoms with E-state index < -0.39 is 0 Å². The van der Waals surface area contributed by atoms with Crippen LogP contribution in [-0.4, -0.2) is 62.8 Å². The predicted molar refractivity (Wildman–Crippen MR) is 149 cm³/mol. The Morgan fingerprint density at radius 3 is 2.86 bits per heavy atom. The van der Waals surface area contributed by atoms with Crippen LogP contribution >= 0.6 is 23.2 Å². The number of benzene rings is 1. The molecule has 202 valence electrons. The first-order chi connectivity index (χ1) is 17.8. The Hall–Kier alpha value is -2.66. The molecule has 2 aromatic heterocycles. The smallest absolute Gasteiger partial charge is 0.293 e. The average molecular weight is 552 g/mol. The molecule has 3 aromatic rings. The molecule has 1 amide bonds. The van der Waals surface area contributed by atoms with Crippen LogP contribution in [0, 0.1) is 0 Å². The van der Waals surface area contributed by atoms with Gasteiger partial charge >= 0.3 is 0 Å². The number of rotatable bonds is 16. The SMILES string of the molecule is CCCCN(CC(N)=O)C(C)CCNc1ncc(CCl)n(CCNCc2[nH]nc3ccc(Cl)cc23)c1=O. The highest BCUT2D eigenvalue weighted by Crippen LogP contribution is 2.20. The van der Waals surface area contributed by atoms with E-state index in [2.05, 4.69) is 44.6 Å². The molecule has 0 aliphatic rings. The van der Waals surface area contributed by atoms with Crippen LogP contribution in [0.3, 0.4) is 0 Å². The second kappa shape index (κ2) is 14.3. The first-order valence-corrected chi connectivity index (χ1v) is 13.5. The lowest BCUT2D eigenvalue weighted by atomic mass is 10.1. The van der Waals surface area contributed by atoms with Gasteiger partial charge in [-0.1, -0.05) is 24.9 Å². The van der Waals surface area contributed by atoms with Crippen LogP contribution in [0.1, 0.15) is 44.5 Å². The largest absolute Gasteiger partial charge is 0.369 e. The van der Waals surface area contributed by atoms with Gasteiger partial charge in [0, 0.05) is 42.6 Å². The number of amides is 1. The summed E-state index contributed by atoms with van der Waals surface area (Å²) in [6.07, 6.45) is 4.40. The lowest BCUT2D eigenvalue weighted by molar-refractivity contribution is -0.119. The molecule has 12 heteroatoms. The molecule has 0 fully saturated rings. The van der Waals surface area contributed by atoms with Gasteiger partial charge in [-0.3, -0.25) is 19.6 Å². The van der Waals surface area contributed by atoms with Crippen molar-refractivity contribution >= 4 is 45.8 Å². The number of hydrogen-bond acceptors (Lipinski definition) is 7.